The van der Waals surface area contributed by atoms with Crippen molar-refractivity contribution in [2.24, 2.45) is 7.05 Å². The molecule has 0 aliphatic carbocycles. The highest BCUT2D eigenvalue weighted by molar-refractivity contribution is 6.05. The molecule has 3 heterocycles. The molecule has 3 aromatic rings. The van der Waals surface area contributed by atoms with Crippen LogP contribution in [0.1, 0.15) is 17.4 Å². The number of carbonyl (C=O) groups excluding carboxylic acids is 2. The Morgan fingerprint density at radius 3 is 2.21 bits per heavy atom. The summed E-state index contributed by atoms with van der Waals surface area (Å²) in [5.41, 5.74) is 3.46. The monoisotopic (exact) mass is 465 g/mol. The van der Waals surface area contributed by atoms with Crippen LogP contribution in [0.3, 0.4) is 0 Å². The highest BCUT2D eigenvalue weighted by atomic mass is 19.1. The lowest BCUT2D eigenvalue weighted by Crippen LogP contribution is -2.52. The number of amides is 2. The number of halogens is 1. The molecule has 34 heavy (non-hydrogen) atoms. The number of carbonyl (C=O) groups is 2. The van der Waals surface area contributed by atoms with Gasteiger partial charge >= 0.3 is 12.0 Å². The Bertz CT molecular complexity index is 1170. The molecule has 2 amide bonds. The number of aromatic nitrogens is 2. The summed E-state index contributed by atoms with van der Waals surface area (Å²) in [5, 5.41) is 2.84. The molecule has 0 bridgehead atoms. The number of esters is 1. The van der Waals surface area contributed by atoms with E-state index in [0.29, 0.717) is 49.5 Å². The first kappa shape index (κ1) is 23.3. The van der Waals surface area contributed by atoms with Crippen LogP contribution >= 0.6 is 0 Å². The smallest absolute Gasteiger partial charge is 0.355 e. The van der Waals surface area contributed by atoms with Crippen molar-refractivity contribution >= 4 is 17.8 Å². The molecule has 0 unspecified atom stereocenters. The third-order valence-electron chi connectivity index (χ3n) is 6.04. The predicted molar refractivity (Wildman–Crippen MR) is 128 cm³/mol. The van der Waals surface area contributed by atoms with Crippen molar-refractivity contribution in [2.45, 2.75) is 6.92 Å². The molecule has 0 spiro atoms. The van der Waals surface area contributed by atoms with E-state index >= 15 is 0 Å². The van der Waals surface area contributed by atoms with Gasteiger partial charge in [0.2, 0.25) is 0 Å². The Morgan fingerprint density at radius 1 is 1.00 bits per heavy atom. The standard InChI is InChI=1S/C25H28FN5O3/c1-4-28-25(33)31-15-13-30(14-16-31)23-21(18-9-11-27-12-10-18)20(17-5-7-19(26)8-6-17)22(29(23)2)24(32)34-3/h5-12H,4,13-16H2,1-3H3,(H,28,33). The number of nitrogens with zero attached hydrogens (tertiary/aromatic N) is 4. The molecule has 178 valence electrons. The van der Waals surface area contributed by atoms with Gasteiger partial charge in [-0.2, -0.15) is 0 Å². The molecule has 0 saturated carbocycles. The molecule has 2 aromatic heterocycles. The number of nitrogens with one attached hydrogen (secondary N) is 1. The zero-order valence-electron chi connectivity index (χ0n) is 19.5. The van der Waals surface area contributed by atoms with Gasteiger partial charge < -0.3 is 24.4 Å². The average Bonchev–Trinajstić information content (AvgIpc) is 3.17. The van der Waals surface area contributed by atoms with E-state index in [1.165, 1.54) is 19.2 Å². The summed E-state index contributed by atoms with van der Waals surface area (Å²) in [5.74, 6) is -0.00252. The highest BCUT2D eigenvalue weighted by Crippen LogP contribution is 2.44. The van der Waals surface area contributed by atoms with Crippen LogP contribution in [0.4, 0.5) is 15.0 Å². The average molecular weight is 466 g/mol. The Balaban J connectivity index is 1.87. The third kappa shape index (κ3) is 4.33. The Kier molecular flexibility index (Phi) is 6.81. The second kappa shape index (κ2) is 9.94. The number of hydrogen-bond donors (Lipinski definition) is 1. The van der Waals surface area contributed by atoms with Crippen LogP contribution in [-0.4, -0.2) is 66.3 Å². The molecule has 1 aliphatic rings. The first-order chi connectivity index (χ1) is 16.5. The van der Waals surface area contributed by atoms with Crippen molar-refractivity contribution in [3.05, 3.63) is 60.3 Å². The summed E-state index contributed by atoms with van der Waals surface area (Å²) >= 11 is 0. The van der Waals surface area contributed by atoms with E-state index in [1.807, 2.05) is 30.7 Å². The molecular weight excluding hydrogens is 437 g/mol. The molecule has 0 radical (unpaired) electrons. The van der Waals surface area contributed by atoms with Crippen LogP contribution in [0, 0.1) is 5.82 Å². The Hall–Kier alpha value is -3.88. The number of pyridine rings is 1. The second-order valence-electron chi connectivity index (χ2n) is 8.03. The molecule has 4 rings (SSSR count). The summed E-state index contributed by atoms with van der Waals surface area (Å²) in [7, 11) is 3.18. The number of piperazine rings is 1. The maximum atomic E-state index is 13.7. The summed E-state index contributed by atoms with van der Waals surface area (Å²) in [4.78, 5) is 33.4. The molecular formula is C25H28FN5O3. The van der Waals surface area contributed by atoms with Crippen molar-refractivity contribution in [1.82, 2.24) is 19.8 Å². The lowest BCUT2D eigenvalue weighted by atomic mass is 9.96. The van der Waals surface area contributed by atoms with Gasteiger partial charge in [-0.1, -0.05) is 12.1 Å². The van der Waals surface area contributed by atoms with Crippen LogP contribution in [0.5, 0.6) is 0 Å². The zero-order chi connectivity index (χ0) is 24.2. The van der Waals surface area contributed by atoms with Crippen LogP contribution in [-0.2, 0) is 11.8 Å². The van der Waals surface area contributed by atoms with E-state index in [9.17, 15) is 14.0 Å². The third-order valence-corrected chi connectivity index (χ3v) is 6.04. The zero-order valence-corrected chi connectivity index (χ0v) is 19.5. The minimum absolute atomic E-state index is 0.0781. The maximum Gasteiger partial charge on any atom is 0.355 e. The molecule has 1 saturated heterocycles. The fraction of sp³-hybridized carbons (Fsp3) is 0.320. The van der Waals surface area contributed by atoms with Gasteiger partial charge in [-0.3, -0.25) is 4.98 Å². The van der Waals surface area contributed by atoms with Crippen LogP contribution in [0.15, 0.2) is 48.8 Å². The number of benzene rings is 1. The Morgan fingerprint density at radius 2 is 1.62 bits per heavy atom. The first-order valence-corrected chi connectivity index (χ1v) is 11.2. The second-order valence-corrected chi connectivity index (χ2v) is 8.03. The van der Waals surface area contributed by atoms with Crippen molar-refractivity contribution in [1.29, 1.82) is 0 Å². The first-order valence-electron chi connectivity index (χ1n) is 11.2. The van der Waals surface area contributed by atoms with Gasteiger partial charge in [0.25, 0.3) is 0 Å². The van der Waals surface area contributed by atoms with E-state index in [1.54, 1.807) is 29.4 Å². The van der Waals surface area contributed by atoms with E-state index in [4.69, 9.17) is 4.74 Å². The van der Waals surface area contributed by atoms with Crippen molar-refractivity contribution in [3.63, 3.8) is 0 Å². The van der Waals surface area contributed by atoms with Gasteiger partial charge in [-0.25, -0.2) is 14.0 Å². The molecule has 1 aromatic carbocycles. The van der Waals surface area contributed by atoms with E-state index in [2.05, 4.69) is 15.2 Å². The fourth-order valence-corrected chi connectivity index (χ4v) is 4.45. The van der Waals surface area contributed by atoms with Gasteiger partial charge in [0.05, 0.1) is 7.11 Å². The van der Waals surface area contributed by atoms with Gasteiger partial charge in [-0.05, 0) is 42.3 Å². The molecule has 8 nitrogen and oxygen atoms in total. The molecule has 1 fully saturated rings. The minimum Gasteiger partial charge on any atom is -0.464 e. The Labute approximate surface area is 197 Å². The van der Waals surface area contributed by atoms with Crippen molar-refractivity contribution in [2.75, 3.05) is 44.7 Å². The largest absolute Gasteiger partial charge is 0.464 e. The van der Waals surface area contributed by atoms with Crippen LogP contribution in [0.25, 0.3) is 22.3 Å². The number of urea groups is 1. The number of rotatable bonds is 5. The highest BCUT2D eigenvalue weighted by Gasteiger charge is 2.32. The van der Waals surface area contributed by atoms with Crippen molar-refractivity contribution in [3.8, 4) is 22.3 Å². The van der Waals surface area contributed by atoms with E-state index in [-0.39, 0.29) is 11.8 Å². The fourth-order valence-electron chi connectivity index (χ4n) is 4.45. The van der Waals surface area contributed by atoms with Crippen LogP contribution < -0.4 is 10.2 Å². The van der Waals surface area contributed by atoms with Gasteiger partial charge in [-0.15, -0.1) is 0 Å². The molecule has 0 atom stereocenters. The van der Waals surface area contributed by atoms with Gasteiger partial charge in [0, 0.05) is 63.3 Å². The summed E-state index contributed by atoms with van der Waals surface area (Å²) in [6.07, 6.45) is 3.40. The number of methoxy groups -OCH3 is 1. The lowest BCUT2D eigenvalue weighted by Gasteiger charge is -2.36. The number of ether oxygens (including phenoxy) is 1. The topological polar surface area (TPSA) is 79.7 Å². The van der Waals surface area contributed by atoms with E-state index < -0.39 is 5.97 Å². The number of hydrogen-bond acceptors (Lipinski definition) is 5. The maximum absolute atomic E-state index is 13.7. The number of anilines is 1. The quantitative estimate of drug-likeness (QED) is 0.583. The molecule has 1 aliphatic heterocycles. The lowest BCUT2D eigenvalue weighted by molar-refractivity contribution is 0.0591. The molecule has 1 N–H and O–H groups in total. The summed E-state index contributed by atoms with van der Waals surface area (Å²) in [6, 6.07) is 9.78. The summed E-state index contributed by atoms with van der Waals surface area (Å²) in [6.45, 7) is 4.75. The predicted octanol–water partition coefficient (Wildman–Crippen LogP) is 3.53. The van der Waals surface area contributed by atoms with E-state index in [0.717, 1.165) is 16.9 Å². The van der Waals surface area contributed by atoms with Gasteiger partial charge in [0.1, 0.15) is 17.3 Å². The van der Waals surface area contributed by atoms with Crippen molar-refractivity contribution < 1.29 is 18.7 Å². The van der Waals surface area contributed by atoms with Crippen LogP contribution in [0.2, 0.25) is 0 Å². The normalized spacial score (nSPS) is 13.6. The van der Waals surface area contributed by atoms with Gasteiger partial charge in [0.15, 0.2) is 0 Å². The SMILES string of the molecule is CCNC(=O)N1CCN(c2c(-c3ccncc3)c(-c3ccc(F)cc3)c(C(=O)OC)n2C)CC1. The minimum atomic E-state index is -0.482. The summed E-state index contributed by atoms with van der Waals surface area (Å²) < 4.78 is 20.7. The molecule has 9 heteroatoms.